The number of hydrogen-bond donors (Lipinski definition) is 0. The molecule has 0 bridgehead atoms. The van der Waals surface area contributed by atoms with Crippen molar-refractivity contribution in [3.8, 4) is 16.9 Å². The minimum absolute atomic E-state index is 0.0753. The molecule has 1 aromatic heterocycles. The number of ether oxygens (including phenoxy) is 2. The second kappa shape index (κ2) is 10.9. The fourth-order valence-corrected chi connectivity index (χ4v) is 5.95. The fourth-order valence-electron chi connectivity index (χ4n) is 4.47. The van der Waals surface area contributed by atoms with Crippen molar-refractivity contribution in [2.75, 3.05) is 26.3 Å². The quantitative estimate of drug-likeness (QED) is 0.326. The Balaban J connectivity index is 1.41. The van der Waals surface area contributed by atoms with E-state index in [1.54, 1.807) is 35.1 Å². The average Bonchev–Trinajstić information content (AvgIpc) is 3.38. The Morgan fingerprint density at radius 2 is 1.74 bits per heavy atom. The number of esters is 1. The van der Waals surface area contributed by atoms with Gasteiger partial charge in [0.15, 0.2) is 0 Å². The molecule has 1 aliphatic rings. The van der Waals surface area contributed by atoms with Gasteiger partial charge in [-0.3, -0.25) is 0 Å². The topological polar surface area (TPSA) is 90.7 Å². The number of benzene rings is 3. The molecule has 0 N–H and O–H groups in total. The highest BCUT2D eigenvalue weighted by Crippen LogP contribution is 2.28. The van der Waals surface area contributed by atoms with Crippen molar-refractivity contribution in [3.63, 3.8) is 0 Å². The molecule has 3 aromatic carbocycles. The van der Waals surface area contributed by atoms with Crippen LogP contribution in [0.1, 0.15) is 27.0 Å². The second-order valence-electron chi connectivity index (χ2n) is 9.23. The Labute approximate surface area is 222 Å². The summed E-state index contributed by atoms with van der Waals surface area (Å²) in [6.07, 6.45) is 1.67. The standard InChI is InChI=1S/C29H29N3O5S/c1-21-11-12-26(22(2)17-21)28-27(19-32(30-28)24-8-4-3-5-9-24)29(33)37-20-23-7-6-10-25(18-23)38(34,35)31-13-15-36-16-14-31/h3-12,17-19H,13-16,20H2,1-2H3. The molecular weight excluding hydrogens is 502 g/mol. The molecule has 8 nitrogen and oxygen atoms in total. The van der Waals surface area contributed by atoms with Crippen LogP contribution in [0.2, 0.25) is 0 Å². The van der Waals surface area contributed by atoms with E-state index in [4.69, 9.17) is 14.6 Å². The molecule has 1 aliphatic heterocycles. The molecule has 2 heterocycles. The van der Waals surface area contributed by atoms with Crippen LogP contribution >= 0.6 is 0 Å². The van der Waals surface area contributed by atoms with E-state index in [9.17, 15) is 13.2 Å². The van der Waals surface area contributed by atoms with Crippen LogP contribution in [0.15, 0.2) is 83.9 Å². The minimum Gasteiger partial charge on any atom is -0.457 e. The first-order valence-corrected chi connectivity index (χ1v) is 13.8. The predicted octanol–water partition coefficient (Wildman–Crippen LogP) is 4.53. The van der Waals surface area contributed by atoms with Crippen molar-refractivity contribution in [1.29, 1.82) is 0 Å². The van der Waals surface area contributed by atoms with E-state index in [1.807, 2.05) is 62.4 Å². The highest BCUT2D eigenvalue weighted by atomic mass is 32.2. The van der Waals surface area contributed by atoms with Crippen molar-refractivity contribution in [1.82, 2.24) is 14.1 Å². The lowest BCUT2D eigenvalue weighted by atomic mass is 10.0. The molecule has 1 fully saturated rings. The van der Waals surface area contributed by atoms with Gasteiger partial charge in [0.05, 0.1) is 23.8 Å². The molecule has 196 valence electrons. The summed E-state index contributed by atoms with van der Waals surface area (Å²) in [7, 11) is -3.65. The predicted molar refractivity (Wildman–Crippen MR) is 144 cm³/mol. The summed E-state index contributed by atoms with van der Waals surface area (Å²) < 4.78 is 40.1. The van der Waals surface area contributed by atoms with Gasteiger partial charge in [-0.15, -0.1) is 0 Å². The molecule has 0 amide bonds. The van der Waals surface area contributed by atoms with Gasteiger partial charge in [0.2, 0.25) is 10.0 Å². The Hall–Kier alpha value is -3.79. The highest BCUT2D eigenvalue weighted by molar-refractivity contribution is 7.89. The Bertz CT molecular complexity index is 1560. The summed E-state index contributed by atoms with van der Waals surface area (Å²) in [5.74, 6) is -0.538. The summed E-state index contributed by atoms with van der Waals surface area (Å²) in [4.78, 5) is 13.5. The van der Waals surface area contributed by atoms with Gasteiger partial charge in [-0.05, 0) is 49.2 Å². The maximum absolute atomic E-state index is 13.3. The number of sulfonamides is 1. The third kappa shape index (κ3) is 5.40. The van der Waals surface area contributed by atoms with Crippen molar-refractivity contribution >= 4 is 16.0 Å². The summed E-state index contributed by atoms with van der Waals surface area (Å²) in [6.45, 7) is 5.30. The summed E-state index contributed by atoms with van der Waals surface area (Å²) in [6, 6.07) is 22.0. The number of nitrogens with zero attached hydrogens (tertiary/aromatic N) is 3. The van der Waals surface area contributed by atoms with Crippen LogP contribution in [0.25, 0.3) is 16.9 Å². The average molecular weight is 532 g/mol. The lowest BCUT2D eigenvalue weighted by Crippen LogP contribution is -2.40. The van der Waals surface area contributed by atoms with Gasteiger partial charge in [0.1, 0.15) is 17.9 Å². The monoisotopic (exact) mass is 531 g/mol. The van der Waals surface area contributed by atoms with Gasteiger partial charge in [-0.25, -0.2) is 17.9 Å². The fraction of sp³-hybridized carbons (Fsp3) is 0.241. The highest BCUT2D eigenvalue weighted by Gasteiger charge is 2.27. The zero-order chi connectivity index (χ0) is 26.7. The molecule has 1 saturated heterocycles. The molecule has 0 unspecified atom stereocenters. The molecule has 4 aromatic rings. The van der Waals surface area contributed by atoms with Crippen molar-refractivity contribution < 1.29 is 22.7 Å². The van der Waals surface area contributed by atoms with Crippen LogP contribution in [0.5, 0.6) is 0 Å². The minimum atomic E-state index is -3.65. The second-order valence-corrected chi connectivity index (χ2v) is 11.2. The molecule has 0 atom stereocenters. The number of morpholine rings is 1. The van der Waals surface area contributed by atoms with Crippen LogP contribution < -0.4 is 0 Å². The zero-order valence-electron chi connectivity index (χ0n) is 21.3. The van der Waals surface area contributed by atoms with Crippen molar-refractivity contribution in [2.24, 2.45) is 0 Å². The van der Waals surface area contributed by atoms with E-state index in [0.29, 0.717) is 43.1 Å². The number of para-hydroxylation sites is 1. The van der Waals surface area contributed by atoms with Crippen molar-refractivity contribution in [2.45, 2.75) is 25.3 Å². The third-order valence-corrected chi connectivity index (χ3v) is 8.36. The van der Waals surface area contributed by atoms with Crippen LogP contribution in [0.3, 0.4) is 0 Å². The third-order valence-electron chi connectivity index (χ3n) is 6.47. The summed E-state index contributed by atoms with van der Waals surface area (Å²) >= 11 is 0. The number of aryl methyl sites for hydroxylation is 2. The molecule has 0 saturated carbocycles. The van der Waals surface area contributed by atoms with Gasteiger partial charge in [0.25, 0.3) is 0 Å². The molecule has 9 heteroatoms. The first kappa shape index (κ1) is 25.8. The zero-order valence-corrected chi connectivity index (χ0v) is 22.1. The van der Waals surface area contributed by atoms with Crippen LogP contribution in [0.4, 0.5) is 0 Å². The number of hydrogen-bond acceptors (Lipinski definition) is 6. The lowest BCUT2D eigenvalue weighted by Gasteiger charge is -2.26. The molecule has 5 rings (SSSR count). The number of carbonyl (C=O) groups is 1. The summed E-state index contributed by atoms with van der Waals surface area (Å²) in [5, 5.41) is 4.74. The van der Waals surface area contributed by atoms with E-state index in [1.165, 1.54) is 4.31 Å². The Morgan fingerprint density at radius 3 is 2.47 bits per heavy atom. The van der Waals surface area contributed by atoms with Crippen LogP contribution in [-0.4, -0.2) is 54.8 Å². The van der Waals surface area contributed by atoms with E-state index in [-0.39, 0.29) is 11.5 Å². The first-order chi connectivity index (χ1) is 18.3. The Kier molecular flexibility index (Phi) is 7.42. The maximum Gasteiger partial charge on any atom is 0.342 e. The SMILES string of the molecule is Cc1ccc(-c2nn(-c3ccccc3)cc2C(=O)OCc2cccc(S(=O)(=O)N3CCOCC3)c2)c(C)c1. The van der Waals surface area contributed by atoms with Gasteiger partial charge >= 0.3 is 5.97 Å². The molecule has 0 spiro atoms. The number of carbonyl (C=O) groups excluding carboxylic acids is 1. The van der Waals surface area contributed by atoms with Gasteiger partial charge < -0.3 is 9.47 Å². The summed E-state index contributed by atoms with van der Waals surface area (Å²) in [5.41, 5.74) is 5.21. The normalized spacial score (nSPS) is 14.4. The van der Waals surface area contributed by atoms with E-state index in [2.05, 4.69) is 0 Å². The Morgan fingerprint density at radius 1 is 0.974 bits per heavy atom. The maximum atomic E-state index is 13.3. The first-order valence-electron chi connectivity index (χ1n) is 12.4. The number of rotatable bonds is 7. The van der Waals surface area contributed by atoms with E-state index < -0.39 is 16.0 Å². The smallest absolute Gasteiger partial charge is 0.342 e. The molecular formula is C29H29N3O5S. The van der Waals surface area contributed by atoms with E-state index in [0.717, 1.165) is 22.4 Å². The van der Waals surface area contributed by atoms with Gasteiger partial charge in [-0.1, -0.05) is 54.1 Å². The van der Waals surface area contributed by atoms with Crippen molar-refractivity contribution in [3.05, 3.63) is 101 Å². The largest absolute Gasteiger partial charge is 0.457 e. The van der Waals surface area contributed by atoms with Crippen LogP contribution in [0, 0.1) is 13.8 Å². The van der Waals surface area contributed by atoms with Crippen LogP contribution in [-0.2, 0) is 26.1 Å². The van der Waals surface area contributed by atoms with Gasteiger partial charge in [-0.2, -0.15) is 9.40 Å². The molecule has 38 heavy (non-hydrogen) atoms. The van der Waals surface area contributed by atoms with E-state index >= 15 is 0 Å². The van der Waals surface area contributed by atoms with Gasteiger partial charge in [0, 0.05) is 24.8 Å². The molecule has 0 aliphatic carbocycles. The molecule has 0 radical (unpaired) electrons. The lowest BCUT2D eigenvalue weighted by molar-refractivity contribution is 0.0473. The number of aromatic nitrogens is 2.